The zero-order valence-corrected chi connectivity index (χ0v) is 20.2. The number of urea groups is 1. The number of para-hydroxylation sites is 1. The number of rotatable bonds is 6. The Balaban J connectivity index is 1.27. The molecule has 7 heteroatoms. The first-order valence-electron chi connectivity index (χ1n) is 11.1. The molecule has 3 N–H and O–H groups in total. The lowest BCUT2D eigenvalue weighted by atomic mass is 9.91. The van der Waals surface area contributed by atoms with Gasteiger partial charge in [-0.05, 0) is 49.4 Å². The topological polar surface area (TPSA) is 69.3 Å². The summed E-state index contributed by atoms with van der Waals surface area (Å²) in [5.41, 5.74) is 3.24. The summed E-state index contributed by atoms with van der Waals surface area (Å²) in [5.74, 6) is 0.913. The molecule has 168 valence electrons. The Labute approximate surface area is 197 Å². The van der Waals surface area contributed by atoms with Crippen molar-refractivity contribution in [1.29, 1.82) is 0 Å². The van der Waals surface area contributed by atoms with Gasteiger partial charge in [-0.25, -0.2) is 9.78 Å². The lowest BCUT2D eigenvalue weighted by Crippen LogP contribution is -2.44. The SMILES string of the molecule is CN(C)c1cc(NC2CCC(NC(=O)NCc3ccc(Br)cc3)CC2)nc2ccccc12. The monoisotopic (exact) mass is 495 g/mol. The fraction of sp³-hybridized carbons (Fsp3) is 0.360. The van der Waals surface area contributed by atoms with Crippen LogP contribution < -0.4 is 20.9 Å². The second-order valence-electron chi connectivity index (χ2n) is 8.58. The lowest BCUT2D eigenvalue weighted by molar-refractivity contribution is 0.231. The van der Waals surface area contributed by atoms with Crippen LogP contribution in [0.4, 0.5) is 16.3 Å². The highest BCUT2D eigenvalue weighted by molar-refractivity contribution is 9.10. The largest absolute Gasteiger partial charge is 0.377 e. The number of nitrogens with one attached hydrogen (secondary N) is 3. The van der Waals surface area contributed by atoms with E-state index < -0.39 is 0 Å². The first-order valence-corrected chi connectivity index (χ1v) is 11.9. The minimum Gasteiger partial charge on any atom is -0.377 e. The van der Waals surface area contributed by atoms with Gasteiger partial charge < -0.3 is 20.9 Å². The molecule has 3 aromatic rings. The van der Waals surface area contributed by atoms with Crippen molar-refractivity contribution in [1.82, 2.24) is 15.6 Å². The van der Waals surface area contributed by atoms with Crippen LogP contribution in [-0.4, -0.2) is 37.2 Å². The normalized spacial score (nSPS) is 18.2. The summed E-state index contributed by atoms with van der Waals surface area (Å²) in [6.45, 7) is 0.526. The molecule has 0 atom stereocenters. The highest BCUT2D eigenvalue weighted by Gasteiger charge is 2.23. The van der Waals surface area contributed by atoms with Crippen molar-refractivity contribution in [3.63, 3.8) is 0 Å². The first-order chi connectivity index (χ1) is 15.5. The molecule has 0 saturated heterocycles. The number of hydrogen-bond donors (Lipinski definition) is 3. The summed E-state index contributed by atoms with van der Waals surface area (Å²) in [7, 11) is 4.12. The van der Waals surface area contributed by atoms with Gasteiger partial charge in [0.15, 0.2) is 0 Å². The van der Waals surface area contributed by atoms with Gasteiger partial charge in [-0.3, -0.25) is 0 Å². The number of pyridine rings is 1. The van der Waals surface area contributed by atoms with Gasteiger partial charge in [-0.15, -0.1) is 0 Å². The standard InChI is InChI=1S/C25H30BrN5O/c1-31(2)23-15-24(30-22-6-4-3-5-21(22)23)28-19-11-13-20(14-12-19)29-25(32)27-16-17-7-9-18(26)10-8-17/h3-10,15,19-20H,11-14,16H2,1-2H3,(H,28,30)(H2,27,29,32). The van der Waals surface area contributed by atoms with E-state index in [0.717, 1.165) is 58.1 Å². The molecule has 2 amide bonds. The van der Waals surface area contributed by atoms with Crippen LogP contribution in [0.2, 0.25) is 0 Å². The predicted molar refractivity (Wildman–Crippen MR) is 135 cm³/mol. The van der Waals surface area contributed by atoms with Gasteiger partial charge >= 0.3 is 6.03 Å². The summed E-state index contributed by atoms with van der Waals surface area (Å²) in [4.78, 5) is 19.2. The highest BCUT2D eigenvalue weighted by atomic mass is 79.9. The molecule has 32 heavy (non-hydrogen) atoms. The third-order valence-corrected chi connectivity index (χ3v) is 6.49. The summed E-state index contributed by atoms with van der Waals surface area (Å²) in [6, 6.07) is 18.8. The summed E-state index contributed by atoms with van der Waals surface area (Å²) >= 11 is 3.43. The zero-order valence-electron chi connectivity index (χ0n) is 18.6. The molecule has 0 bridgehead atoms. The van der Waals surface area contributed by atoms with E-state index in [1.807, 2.05) is 36.4 Å². The highest BCUT2D eigenvalue weighted by Crippen LogP contribution is 2.29. The molecule has 0 spiro atoms. The minimum atomic E-state index is -0.101. The van der Waals surface area contributed by atoms with Crippen molar-refractivity contribution < 1.29 is 4.79 Å². The number of benzene rings is 2. The van der Waals surface area contributed by atoms with E-state index in [9.17, 15) is 4.79 Å². The van der Waals surface area contributed by atoms with Crippen LogP contribution >= 0.6 is 15.9 Å². The number of aromatic nitrogens is 1. The zero-order chi connectivity index (χ0) is 22.5. The Morgan fingerprint density at radius 2 is 1.72 bits per heavy atom. The summed E-state index contributed by atoms with van der Waals surface area (Å²) in [6.07, 6.45) is 3.92. The molecule has 0 radical (unpaired) electrons. The van der Waals surface area contributed by atoms with Gasteiger partial charge in [-0.1, -0.05) is 46.3 Å². The number of halogens is 1. The van der Waals surface area contributed by atoms with Crippen LogP contribution in [0.5, 0.6) is 0 Å². The van der Waals surface area contributed by atoms with Crippen LogP contribution in [0.1, 0.15) is 31.2 Å². The molecule has 1 aliphatic rings. The third kappa shape index (κ3) is 5.71. The average molecular weight is 496 g/mol. The molecule has 1 aliphatic carbocycles. The number of anilines is 2. The van der Waals surface area contributed by atoms with Crippen molar-refractivity contribution in [2.24, 2.45) is 0 Å². The predicted octanol–water partition coefficient (Wildman–Crippen LogP) is 5.29. The van der Waals surface area contributed by atoms with E-state index in [1.165, 1.54) is 0 Å². The van der Waals surface area contributed by atoms with Crippen molar-refractivity contribution in [2.45, 2.75) is 44.3 Å². The molecular weight excluding hydrogens is 466 g/mol. The minimum absolute atomic E-state index is 0.101. The Morgan fingerprint density at radius 1 is 1.03 bits per heavy atom. The maximum atomic E-state index is 12.3. The first kappa shape index (κ1) is 22.4. The molecule has 0 aliphatic heterocycles. The maximum absolute atomic E-state index is 12.3. The third-order valence-electron chi connectivity index (χ3n) is 5.96. The fourth-order valence-electron chi connectivity index (χ4n) is 4.21. The van der Waals surface area contributed by atoms with E-state index >= 15 is 0 Å². The van der Waals surface area contributed by atoms with E-state index in [2.05, 4.69) is 69.1 Å². The summed E-state index contributed by atoms with van der Waals surface area (Å²) < 4.78 is 1.04. The van der Waals surface area contributed by atoms with Crippen molar-refractivity contribution in [2.75, 3.05) is 24.3 Å². The van der Waals surface area contributed by atoms with E-state index in [4.69, 9.17) is 4.98 Å². The van der Waals surface area contributed by atoms with Gasteiger partial charge in [0.05, 0.1) is 5.52 Å². The fourth-order valence-corrected chi connectivity index (χ4v) is 4.48. The van der Waals surface area contributed by atoms with Gasteiger partial charge in [0.2, 0.25) is 0 Å². The van der Waals surface area contributed by atoms with E-state index in [1.54, 1.807) is 0 Å². The molecule has 1 aromatic heterocycles. The number of hydrogen-bond acceptors (Lipinski definition) is 4. The van der Waals surface area contributed by atoms with Gasteiger partial charge in [0, 0.05) is 54.3 Å². The molecule has 1 saturated carbocycles. The van der Waals surface area contributed by atoms with Crippen molar-refractivity contribution in [3.8, 4) is 0 Å². The van der Waals surface area contributed by atoms with Gasteiger partial charge in [0.1, 0.15) is 5.82 Å². The lowest BCUT2D eigenvalue weighted by Gasteiger charge is -2.30. The van der Waals surface area contributed by atoms with Gasteiger partial charge in [-0.2, -0.15) is 0 Å². The number of carbonyl (C=O) groups is 1. The Hall–Kier alpha value is -2.80. The Morgan fingerprint density at radius 3 is 2.44 bits per heavy atom. The molecule has 6 nitrogen and oxygen atoms in total. The molecular formula is C25H30BrN5O. The average Bonchev–Trinajstić information content (AvgIpc) is 2.79. The van der Waals surface area contributed by atoms with Crippen LogP contribution in [0.15, 0.2) is 59.1 Å². The smallest absolute Gasteiger partial charge is 0.315 e. The second kappa shape index (κ2) is 10.2. The van der Waals surface area contributed by atoms with E-state index in [-0.39, 0.29) is 12.1 Å². The number of nitrogens with zero attached hydrogens (tertiary/aromatic N) is 2. The second-order valence-corrected chi connectivity index (χ2v) is 9.50. The van der Waals surface area contributed by atoms with Crippen molar-refractivity contribution in [3.05, 3.63) is 64.6 Å². The van der Waals surface area contributed by atoms with Crippen LogP contribution in [0, 0.1) is 0 Å². The number of carbonyl (C=O) groups excluding carboxylic acids is 1. The summed E-state index contributed by atoms with van der Waals surface area (Å²) in [5, 5.41) is 10.9. The molecule has 2 aromatic carbocycles. The Bertz CT molecular complexity index is 1060. The van der Waals surface area contributed by atoms with Crippen LogP contribution in [0.3, 0.4) is 0 Å². The quantitative estimate of drug-likeness (QED) is 0.434. The molecule has 0 unspecified atom stereocenters. The maximum Gasteiger partial charge on any atom is 0.315 e. The molecule has 4 rings (SSSR count). The van der Waals surface area contributed by atoms with E-state index in [0.29, 0.717) is 12.6 Å². The van der Waals surface area contributed by atoms with Crippen LogP contribution in [-0.2, 0) is 6.54 Å². The van der Waals surface area contributed by atoms with Gasteiger partial charge in [0.25, 0.3) is 0 Å². The number of fused-ring (bicyclic) bond motifs is 1. The van der Waals surface area contributed by atoms with Crippen molar-refractivity contribution >= 4 is 44.4 Å². The molecule has 1 heterocycles. The Kier molecular flexibility index (Phi) is 7.15. The number of amides is 2. The molecule has 1 fully saturated rings. The van der Waals surface area contributed by atoms with Crippen LogP contribution in [0.25, 0.3) is 10.9 Å².